The maximum Gasteiger partial charge on any atom is 0.470 e. The van der Waals surface area contributed by atoms with Crippen LogP contribution in [-0.4, -0.2) is 65.3 Å². The second-order valence-electron chi connectivity index (χ2n) is 7.80. The standard InChI is InChI=1S/C20H17Cl2F3N3O7PS/c21-10-2-1-9(5-11(10)22)37-20-19(35-36(31,32)33)17(18(30)15(7-29)34-20)28-6-14(26-27-28)8-3-12(23)16(25)13(24)4-8/h1-6,15,17-20,29-30H,7H2,(H2,31,32,33). The van der Waals surface area contributed by atoms with Crippen molar-refractivity contribution in [1.29, 1.82) is 0 Å². The van der Waals surface area contributed by atoms with Crippen LogP contribution in [-0.2, 0) is 13.8 Å². The van der Waals surface area contributed by atoms with Gasteiger partial charge < -0.3 is 24.7 Å². The van der Waals surface area contributed by atoms with Gasteiger partial charge in [-0.05, 0) is 30.3 Å². The molecule has 17 heteroatoms. The summed E-state index contributed by atoms with van der Waals surface area (Å²) >= 11 is 12.9. The van der Waals surface area contributed by atoms with Gasteiger partial charge in [-0.3, -0.25) is 4.52 Å². The van der Waals surface area contributed by atoms with E-state index in [2.05, 4.69) is 10.3 Å². The fourth-order valence-electron chi connectivity index (χ4n) is 3.67. The lowest BCUT2D eigenvalue weighted by Crippen LogP contribution is -2.55. The summed E-state index contributed by atoms with van der Waals surface area (Å²) in [6.07, 6.45) is -3.40. The highest BCUT2D eigenvalue weighted by molar-refractivity contribution is 7.99. The Kier molecular flexibility index (Phi) is 8.56. The number of phosphoric acid groups is 1. The first-order valence-corrected chi connectivity index (χ1v) is 13.4. The number of halogens is 5. The SMILES string of the molecule is O=P(O)(O)OC1C(Sc2ccc(Cl)c(Cl)c2)OC(CO)C(O)C1n1cc(-c2cc(F)c(F)c(F)c2)nn1. The minimum atomic E-state index is -5.19. The van der Waals surface area contributed by atoms with Gasteiger partial charge in [0.2, 0.25) is 0 Å². The Bertz CT molecular complexity index is 1330. The van der Waals surface area contributed by atoms with Crippen molar-refractivity contribution in [2.75, 3.05) is 6.61 Å². The molecule has 10 nitrogen and oxygen atoms in total. The monoisotopic (exact) mass is 601 g/mol. The molecule has 0 saturated carbocycles. The van der Waals surface area contributed by atoms with Gasteiger partial charge in [0.25, 0.3) is 0 Å². The van der Waals surface area contributed by atoms with Crippen LogP contribution >= 0.6 is 42.8 Å². The van der Waals surface area contributed by atoms with Crippen LogP contribution in [0.25, 0.3) is 11.3 Å². The molecule has 5 unspecified atom stereocenters. The number of hydrogen-bond acceptors (Lipinski definition) is 8. The van der Waals surface area contributed by atoms with Crippen molar-refractivity contribution in [3.05, 3.63) is 64.0 Å². The molecule has 2 heterocycles. The Morgan fingerprint density at radius 1 is 1.14 bits per heavy atom. The number of ether oxygens (including phenoxy) is 1. The molecule has 0 aliphatic carbocycles. The maximum absolute atomic E-state index is 13.7. The molecule has 1 saturated heterocycles. The van der Waals surface area contributed by atoms with E-state index < -0.39 is 61.7 Å². The first-order valence-electron chi connectivity index (χ1n) is 10.2. The number of aliphatic hydroxyl groups excluding tert-OH is 2. The van der Waals surface area contributed by atoms with Gasteiger partial charge in [-0.25, -0.2) is 22.4 Å². The molecule has 2 aromatic carbocycles. The summed E-state index contributed by atoms with van der Waals surface area (Å²) in [6.45, 7) is -0.700. The zero-order chi connectivity index (χ0) is 27.1. The molecule has 0 amide bonds. The zero-order valence-corrected chi connectivity index (χ0v) is 21.4. The minimum Gasteiger partial charge on any atom is -0.394 e. The molecule has 4 N–H and O–H groups in total. The second kappa shape index (κ2) is 11.2. The summed E-state index contributed by atoms with van der Waals surface area (Å²) in [5.74, 6) is -4.63. The Balaban J connectivity index is 1.74. The molecule has 0 radical (unpaired) electrons. The largest absolute Gasteiger partial charge is 0.470 e. The van der Waals surface area contributed by atoms with Gasteiger partial charge in [0.05, 0.1) is 22.8 Å². The molecule has 5 atom stereocenters. The van der Waals surface area contributed by atoms with E-state index in [4.69, 9.17) is 32.5 Å². The number of aliphatic hydroxyl groups is 2. The van der Waals surface area contributed by atoms with Crippen molar-refractivity contribution in [3.8, 4) is 11.3 Å². The molecule has 200 valence electrons. The van der Waals surface area contributed by atoms with Crippen molar-refractivity contribution in [2.45, 2.75) is 34.7 Å². The molecule has 1 aliphatic rings. The number of aromatic nitrogens is 3. The molecular formula is C20H17Cl2F3N3O7PS. The third kappa shape index (κ3) is 6.31. The lowest BCUT2D eigenvalue weighted by Gasteiger charge is -2.43. The van der Waals surface area contributed by atoms with Crippen molar-refractivity contribution in [2.24, 2.45) is 0 Å². The average molecular weight is 602 g/mol. The highest BCUT2D eigenvalue weighted by Gasteiger charge is 2.50. The van der Waals surface area contributed by atoms with Crippen LogP contribution in [0.2, 0.25) is 10.0 Å². The summed E-state index contributed by atoms with van der Waals surface area (Å²) in [4.78, 5) is 19.6. The number of rotatable bonds is 7. The van der Waals surface area contributed by atoms with Crippen molar-refractivity contribution < 1.29 is 47.0 Å². The normalized spacial score (nSPS) is 24.4. The topological polar surface area (TPSA) is 147 Å². The van der Waals surface area contributed by atoms with Gasteiger partial charge in [-0.15, -0.1) is 5.10 Å². The fraction of sp³-hybridized carbons (Fsp3) is 0.300. The van der Waals surface area contributed by atoms with Gasteiger partial charge >= 0.3 is 7.82 Å². The van der Waals surface area contributed by atoms with Crippen LogP contribution < -0.4 is 0 Å². The van der Waals surface area contributed by atoms with E-state index >= 15 is 0 Å². The summed E-state index contributed by atoms with van der Waals surface area (Å²) < 4.78 is 64.3. The summed E-state index contributed by atoms with van der Waals surface area (Å²) in [5.41, 5.74) is -1.60. The maximum atomic E-state index is 13.7. The van der Waals surface area contributed by atoms with Crippen molar-refractivity contribution in [3.63, 3.8) is 0 Å². The zero-order valence-electron chi connectivity index (χ0n) is 18.2. The Hall–Kier alpha value is -1.71. The third-order valence-electron chi connectivity index (χ3n) is 5.32. The number of nitrogens with zero attached hydrogens (tertiary/aromatic N) is 3. The summed E-state index contributed by atoms with van der Waals surface area (Å²) in [6, 6.07) is 4.43. The molecule has 0 bridgehead atoms. The van der Waals surface area contributed by atoms with Gasteiger partial charge in [-0.2, -0.15) is 0 Å². The lowest BCUT2D eigenvalue weighted by molar-refractivity contribution is -0.175. The molecule has 37 heavy (non-hydrogen) atoms. The van der Waals surface area contributed by atoms with E-state index in [0.29, 0.717) is 17.0 Å². The third-order valence-corrected chi connectivity index (χ3v) is 7.72. The highest BCUT2D eigenvalue weighted by atomic mass is 35.5. The Morgan fingerprint density at radius 3 is 2.41 bits per heavy atom. The first kappa shape index (κ1) is 28.3. The molecule has 1 aromatic heterocycles. The van der Waals surface area contributed by atoms with E-state index in [1.54, 1.807) is 6.07 Å². The van der Waals surface area contributed by atoms with E-state index in [1.165, 1.54) is 12.1 Å². The van der Waals surface area contributed by atoms with Gasteiger partial charge in [-0.1, -0.05) is 40.2 Å². The number of hydrogen-bond donors (Lipinski definition) is 4. The van der Waals surface area contributed by atoms with Gasteiger partial charge in [0.15, 0.2) is 17.5 Å². The molecule has 0 spiro atoms. The van der Waals surface area contributed by atoms with Crippen LogP contribution in [0.3, 0.4) is 0 Å². The smallest absolute Gasteiger partial charge is 0.394 e. The predicted octanol–water partition coefficient (Wildman–Crippen LogP) is 3.56. The van der Waals surface area contributed by atoms with Crippen LogP contribution in [0.5, 0.6) is 0 Å². The van der Waals surface area contributed by atoms with Crippen LogP contribution in [0.1, 0.15) is 6.04 Å². The second-order valence-corrected chi connectivity index (χ2v) is 11.0. The van der Waals surface area contributed by atoms with Crippen molar-refractivity contribution >= 4 is 42.8 Å². The molecule has 1 fully saturated rings. The van der Waals surface area contributed by atoms with Gasteiger partial charge in [0.1, 0.15) is 35.5 Å². The Morgan fingerprint density at radius 2 is 1.81 bits per heavy atom. The number of phosphoric ester groups is 1. The summed E-state index contributed by atoms with van der Waals surface area (Å²) in [5, 5.41) is 28.7. The molecular weight excluding hydrogens is 585 g/mol. The predicted molar refractivity (Wildman–Crippen MR) is 125 cm³/mol. The van der Waals surface area contributed by atoms with Crippen molar-refractivity contribution in [1.82, 2.24) is 15.0 Å². The quantitative estimate of drug-likeness (QED) is 0.234. The van der Waals surface area contributed by atoms with Crippen LogP contribution in [0, 0.1) is 17.5 Å². The Labute approximate surface area is 221 Å². The number of thioether (sulfide) groups is 1. The fourth-order valence-corrected chi connectivity index (χ4v) is 5.82. The van der Waals surface area contributed by atoms with Crippen LogP contribution in [0.4, 0.5) is 13.2 Å². The molecule has 3 aromatic rings. The first-order chi connectivity index (χ1) is 17.4. The van der Waals surface area contributed by atoms with E-state index in [-0.39, 0.29) is 21.3 Å². The minimum absolute atomic E-state index is 0.152. The van der Waals surface area contributed by atoms with Gasteiger partial charge in [0, 0.05) is 10.5 Å². The number of benzene rings is 2. The molecule has 1 aliphatic heterocycles. The van der Waals surface area contributed by atoms with E-state index in [9.17, 15) is 37.7 Å². The lowest BCUT2D eigenvalue weighted by atomic mass is 9.97. The highest BCUT2D eigenvalue weighted by Crippen LogP contribution is 2.48. The van der Waals surface area contributed by atoms with E-state index in [0.717, 1.165) is 22.6 Å². The summed E-state index contributed by atoms with van der Waals surface area (Å²) in [7, 11) is -5.19. The average Bonchev–Trinajstić information content (AvgIpc) is 3.30. The van der Waals surface area contributed by atoms with Crippen LogP contribution in [0.15, 0.2) is 41.4 Å². The molecule has 4 rings (SSSR count). The van der Waals surface area contributed by atoms with E-state index in [1.807, 2.05) is 0 Å².